The number of fused-ring (bicyclic) bond motifs is 3. The van der Waals surface area contributed by atoms with Crippen molar-refractivity contribution < 1.29 is 14.6 Å². The molecule has 0 fully saturated rings. The molecule has 0 unspecified atom stereocenters. The second-order valence-corrected chi connectivity index (χ2v) is 7.87. The molecule has 9 heteroatoms. The average molecular weight is 442 g/mol. The number of rotatable bonds is 4. The number of nitro benzene ring substituents is 2. The van der Waals surface area contributed by atoms with Gasteiger partial charge in [0, 0.05) is 53.0 Å². The number of non-ortho nitro benzene ring substituents is 2. The van der Waals surface area contributed by atoms with E-state index in [1.165, 1.54) is 36.4 Å². The van der Waals surface area contributed by atoms with Crippen molar-refractivity contribution in [2.24, 2.45) is 0 Å². The van der Waals surface area contributed by atoms with Crippen LogP contribution in [0.4, 0.5) is 11.4 Å². The highest BCUT2D eigenvalue weighted by molar-refractivity contribution is 5.96. The van der Waals surface area contributed by atoms with E-state index >= 15 is 0 Å². The second-order valence-electron chi connectivity index (χ2n) is 7.87. The fourth-order valence-corrected chi connectivity index (χ4v) is 4.48. The molecular weight excluding hydrogens is 424 g/mol. The normalized spacial score (nSPS) is 15.3. The Morgan fingerprint density at radius 3 is 2.12 bits per heavy atom. The van der Waals surface area contributed by atoms with Crippen LogP contribution in [-0.2, 0) is 6.42 Å². The van der Waals surface area contributed by atoms with Gasteiger partial charge in [0.05, 0.1) is 15.9 Å². The molecule has 0 aliphatic carbocycles. The summed E-state index contributed by atoms with van der Waals surface area (Å²) >= 11 is 0. The summed E-state index contributed by atoms with van der Waals surface area (Å²) in [5, 5.41) is 23.2. The highest BCUT2D eigenvalue weighted by Gasteiger charge is 2.35. The third-order valence-corrected chi connectivity index (χ3v) is 6.04. The molecule has 164 valence electrons. The van der Waals surface area contributed by atoms with Gasteiger partial charge in [-0.25, -0.2) is 0 Å². The van der Waals surface area contributed by atoms with Gasteiger partial charge in [0.1, 0.15) is 0 Å². The molecule has 0 radical (unpaired) electrons. The quantitative estimate of drug-likeness (QED) is 0.360. The lowest BCUT2D eigenvalue weighted by Crippen LogP contribution is -2.40. The molecule has 2 heterocycles. The SMILES string of the molecule is O=C(c1ccc([N+](=O)[O-])cc1)N1CCc2c([nH]c3ccccc23)[C@@H]1c1ccc([N+](=O)[O-])cc1. The first-order valence-electron chi connectivity index (χ1n) is 10.3. The van der Waals surface area contributed by atoms with Crippen LogP contribution in [0.5, 0.6) is 0 Å². The molecule has 1 amide bonds. The number of nitrogens with zero attached hydrogens (tertiary/aromatic N) is 3. The molecule has 4 aromatic rings. The van der Waals surface area contributed by atoms with Crippen LogP contribution in [0.3, 0.4) is 0 Å². The Balaban J connectivity index is 1.61. The highest BCUT2D eigenvalue weighted by Crippen LogP contribution is 2.39. The number of aromatic nitrogens is 1. The van der Waals surface area contributed by atoms with Gasteiger partial charge in [-0.05, 0) is 47.9 Å². The number of amides is 1. The van der Waals surface area contributed by atoms with Crippen LogP contribution in [0.25, 0.3) is 10.9 Å². The van der Waals surface area contributed by atoms with Crippen molar-refractivity contribution >= 4 is 28.2 Å². The standard InChI is InChI=1S/C24H18N4O5/c29-24(16-7-11-18(12-8-16)28(32)33)26-14-13-20-19-3-1-2-4-21(19)25-22(20)23(26)15-5-9-17(10-6-15)27(30)31/h1-12,23,25H,13-14H2/t23-/m0/s1. The van der Waals surface area contributed by atoms with Gasteiger partial charge in [-0.2, -0.15) is 0 Å². The van der Waals surface area contributed by atoms with E-state index in [0.29, 0.717) is 18.5 Å². The van der Waals surface area contributed by atoms with E-state index in [9.17, 15) is 25.0 Å². The lowest BCUT2D eigenvalue weighted by molar-refractivity contribution is -0.385. The second kappa shape index (κ2) is 7.86. The van der Waals surface area contributed by atoms with Crippen molar-refractivity contribution in [2.75, 3.05) is 6.54 Å². The number of benzene rings is 3. The number of nitrogens with one attached hydrogen (secondary N) is 1. The Bertz CT molecular complexity index is 1390. The summed E-state index contributed by atoms with van der Waals surface area (Å²) in [5.41, 5.74) is 3.90. The van der Waals surface area contributed by atoms with Gasteiger partial charge < -0.3 is 9.88 Å². The third-order valence-electron chi connectivity index (χ3n) is 6.04. The number of carbonyl (C=O) groups is 1. The zero-order valence-electron chi connectivity index (χ0n) is 17.3. The lowest BCUT2D eigenvalue weighted by atomic mass is 9.91. The zero-order chi connectivity index (χ0) is 23.1. The lowest BCUT2D eigenvalue weighted by Gasteiger charge is -2.36. The molecule has 3 aromatic carbocycles. The molecule has 9 nitrogen and oxygen atoms in total. The van der Waals surface area contributed by atoms with E-state index in [2.05, 4.69) is 4.98 Å². The van der Waals surface area contributed by atoms with Gasteiger partial charge >= 0.3 is 0 Å². The van der Waals surface area contributed by atoms with Gasteiger partial charge in [0.25, 0.3) is 17.3 Å². The maximum atomic E-state index is 13.5. The smallest absolute Gasteiger partial charge is 0.269 e. The first-order valence-corrected chi connectivity index (χ1v) is 10.3. The van der Waals surface area contributed by atoms with E-state index in [0.717, 1.165) is 27.7 Å². The number of carbonyl (C=O) groups excluding carboxylic acids is 1. The molecule has 1 aromatic heterocycles. The monoisotopic (exact) mass is 442 g/mol. The predicted octanol–water partition coefficient (Wildman–Crippen LogP) is 4.77. The number of para-hydroxylation sites is 1. The number of nitro groups is 2. The fraction of sp³-hybridized carbons (Fsp3) is 0.125. The molecular formula is C24H18N4O5. The molecule has 1 aliphatic heterocycles. The summed E-state index contributed by atoms with van der Waals surface area (Å²) in [5.74, 6) is -0.266. The first-order chi connectivity index (χ1) is 15.9. The van der Waals surface area contributed by atoms with E-state index in [1.807, 2.05) is 24.3 Å². The minimum Gasteiger partial charge on any atom is -0.356 e. The van der Waals surface area contributed by atoms with Crippen molar-refractivity contribution in [3.8, 4) is 0 Å². The summed E-state index contributed by atoms with van der Waals surface area (Å²) < 4.78 is 0. The first kappa shape index (κ1) is 20.4. The van der Waals surface area contributed by atoms with Crippen molar-refractivity contribution in [1.29, 1.82) is 0 Å². The fourth-order valence-electron chi connectivity index (χ4n) is 4.48. The highest BCUT2D eigenvalue weighted by atomic mass is 16.6. The topological polar surface area (TPSA) is 122 Å². The summed E-state index contributed by atoms with van der Waals surface area (Å²) in [4.78, 5) is 39.8. The van der Waals surface area contributed by atoms with E-state index < -0.39 is 15.9 Å². The maximum Gasteiger partial charge on any atom is 0.269 e. The van der Waals surface area contributed by atoms with Crippen LogP contribution < -0.4 is 0 Å². The largest absolute Gasteiger partial charge is 0.356 e. The Labute approximate surface area is 187 Å². The minimum atomic E-state index is -0.508. The Morgan fingerprint density at radius 2 is 1.48 bits per heavy atom. The summed E-state index contributed by atoms with van der Waals surface area (Å²) in [6, 6.07) is 19.1. The summed E-state index contributed by atoms with van der Waals surface area (Å²) in [6.45, 7) is 0.437. The van der Waals surface area contributed by atoms with Crippen LogP contribution in [0.1, 0.15) is 33.2 Å². The molecule has 1 aliphatic rings. The summed E-state index contributed by atoms with van der Waals surface area (Å²) in [7, 11) is 0. The predicted molar refractivity (Wildman–Crippen MR) is 121 cm³/mol. The van der Waals surface area contributed by atoms with Crippen LogP contribution >= 0.6 is 0 Å². The molecule has 5 rings (SSSR count). The number of hydrogen-bond acceptors (Lipinski definition) is 5. The maximum absolute atomic E-state index is 13.5. The Hall–Kier alpha value is -4.53. The molecule has 1 N–H and O–H groups in total. The third kappa shape index (κ3) is 3.49. The van der Waals surface area contributed by atoms with Gasteiger partial charge in [-0.1, -0.05) is 18.2 Å². The van der Waals surface area contributed by atoms with E-state index in [-0.39, 0.29) is 17.3 Å². The van der Waals surface area contributed by atoms with Gasteiger partial charge in [-0.3, -0.25) is 25.0 Å². The van der Waals surface area contributed by atoms with Crippen molar-refractivity contribution in [3.63, 3.8) is 0 Å². The van der Waals surface area contributed by atoms with Gasteiger partial charge in [0.2, 0.25) is 0 Å². The van der Waals surface area contributed by atoms with Crippen LogP contribution in [0.15, 0.2) is 72.8 Å². The molecule has 0 saturated heterocycles. The number of aromatic amines is 1. The Kier molecular flexibility index (Phi) is 4.86. The Morgan fingerprint density at radius 1 is 0.879 bits per heavy atom. The van der Waals surface area contributed by atoms with Crippen molar-refractivity contribution in [2.45, 2.75) is 12.5 Å². The van der Waals surface area contributed by atoms with E-state index in [1.54, 1.807) is 17.0 Å². The van der Waals surface area contributed by atoms with Gasteiger partial charge in [-0.15, -0.1) is 0 Å². The van der Waals surface area contributed by atoms with Crippen LogP contribution in [0, 0.1) is 20.2 Å². The van der Waals surface area contributed by atoms with Crippen LogP contribution in [0.2, 0.25) is 0 Å². The number of H-pyrrole nitrogens is 1. The molecule has 0 bridgehead atoms. The molecule has 33 heavy (non-hydrogen) atoms. The van der Waals surface area contributed by atoms with Crippen molar-refractivity contribution in [3.05, 3.63) is 115 Å². The molecule has 0 spiro atoms. The zero-order valence-corrected chi connectivity index (χ0v) is 17.3. The van der Waals surface area contributed by atoms with E-state index in [4.69, 9.17) is 0 Å². The average Bonchev–Trinajstić information content (AvgIpc) is 3.22. The number of hydrogen-bond donors (Lipinski definition) is 1. The minimum absolute atomic E-state index is 0.0281. The van der Waals surface area contributed by atoms with Gasteiger partial charge in [0.15, 0.2) is 0 Å². The van der Waals surface area contributed by atoms with Crippen LogP contribution in [-0.4, -0.2) is 32.2 Å². The van der Waals surface area contributed by atoms with Crippen molar-refractivity contribution in [1.82, 2.24) is 9.88 Å². The summed E-state index contributed by atoms with van der Waals surface area (Å²) in [6.07, 6.45) is 0.640. The molecule has 1 atom stereocenters. The molecule has 0 saturated carbocycles.